The average Bonchev–Trinajstić information content (AvgIpc) is 2.36. The van der Waals surface area contributed by atoms with Crippen molar-refractivity contribution in [3.05, 3.63) is 33.8 Å². The molecule has 1 aromatic carbocycles. The van der Waals surface area contributed by atoms with Crippen molar-refractivity contribution in [2.24, 2.45) is 5.92 Å². The van der Waals surface area contributed by atoms with Gasteiger partial charge in [0.2, 0.25) is 0 Å². The molecule has 1 fully saturated rings. The molecule has 0 saturated carbocycles. The van der Waals surface area contributed by atoms with Gasteiger partial charge in [0.05, 0.1) is 0 Å². The lowest BCUT2D eigenvalue weighted by Gasteiger charge is -2.39. The summed E-state index contributed by atoms with van der Waals surface area (Å²) in [7, 11) is 0. The van der Waals surface area contributed by atoms with Gasteiger partial charge in [0.25, 0.3) is 0 Å². The Labute approximate surface area is 132 Å². The zero-order chi connectivity index (χ0) is 14.7. The Balaban J connectivity index is 2.02. The molecule has 2 atom stereocenters. The van der Waals surface area contributed by atoms with Crippen LogP contribution in [-0.4, -0.2) is 30.1 Å². The van der Waals surface area contributed by atoms with E-state index in [0.29, 0.717) is 17.1 Å². The van der Waals surface area contributed by atoms with Crippen LogP contribution in [0.15, 0.2) is 18.2 Å². The van der Waals surface area contributed by atoms with E-state index in [0.717, 1.165) is 36.1 Å². The first-order chi connectivity index (χ1) is 9.45. The largest absolute Gasteiger partial charge is 0.311 e. The van der Waals surface area contributed by atoms with Gasteiger partial charge in [0, 0.05) is 41.8 Å². The number of hydrogen-bond acceptors (Lipinski definition) is 2. The Morgan fingerprint density at radius 3 is 2.75 bits per heavy atom. The van der Waals surface area contributed by atoms with Crippen molar-refractivity contribution in [3.63, 3.8) is 0 Å². The quantitative estimate of drug-likeness (QED) is 0.896. The number of nitrogens with one attached hydrogen (secondary N) is 1. The third kappa shape index (κ3) is 4.36. The van der Waals surface area contributed by atoms with E-state index in [1.54, 1.807) is 0 Å². The number of hydrogen-bond donors (Lipinski definition) is 1. The second kappa shape index (κ2) is 7.13. The SMILES string of the molecule is CC(C)CC1CN(Cc2ccc(Cl)cc2Cl)C(C)CN1. The molecule has 0 amide bonds. The van der Waals surface area contributed by atoms with Crippen molar-refractivity contribution >= 4 is 23.2 Å². The summed E-state index contributed by atoms with van der Waals surface area (Å²) in [6.45, 7) is 9.84. The second-order valence-corrected chi connectivity index (χ2v) is 7.09. The summed E-state index contributed by atoms with van der Waals surface area (Å²) >= 11 is 12.3. The molecule has 2 unspecified atom stereocenters. The zero-order valence-corrected chi connectivity index (χ0v) is 14.0. The molecule has 1 aromatic rings. The molecule has 2 nitrogen and oxygen atoms in total. The maximum absolute atomic E-state index is 6.29. The van der Waals surface area contributed by atoms with Crippen LogP contribution in [0.4, 0.5) is 0 Å². The molecular formula is C16H24Cl2N2. The van der Waals surface area contributed by atoms with Crippen molar-refractivity contribution in [3.8, 4) is 0 Å². The Morgan fingerprint density at radius 2 is 2.10 bits per heavy atom. The molecular weight excluding hydrogens is 291 g/mol. The van der Waals surface area contributed by atoms with Gasteiger partial charge in [-0.15, -0.1) is 0 Å². The molecule has 112 valence electrons. The molecule has 1 aliphatic heterocycles. The summed E-state index contributed by atoms with van der Waals surface area (Å²) in [5, 5.41) is 5.11. The third-order valence-corrected chi connectivity index (χ3v) is 4.51. The Morgan fingerprint density at radius 1 is 1.35 bits per heavy atom. The molecule has 1 heterocycles. The molecule has 4 heteroatoms. The summed E-state index contributed by atoms with van der Waals surface area (Å²) in [4.78, 5) is 2.51. The fourth-order valence-corrected chi connectivity index (χ4v) is 3.28. The van der Waals surface area contributed by atoms with Gasteiger partial charge in [0.15, 0.2) is 0 Å². The normalized spacial score (nSPS) is 24.3. The van der Waals surface area contributed by atoms with Gasteiger partial charge in [-0.25, -0.2) is 0 Å². The maximum atomic E-state index is 6.29. The van der Waals surface area contributed by atoms with Gasteiger partial charge >= 0.3 is 0 Å². The molecule has 1 saturated heterocycles. The Hall–Kier alpha value is -0.280. The second-order valence-electron chi connectivity index (χ2n) is 6.25. The third-order valence-electron chi connectivity index (χ3n) is 3.92. The minimum atomic E-state index is 0.533. The molecule has 0 radical (unpaired) electrons. The highest BCUT2D eigenvalue weighted by Gasteiger charge is 2.25. The smallest absolute Gasteiger partial charge is 0.0465 e. The van der Waals surface area contributed by atoms with Crippen LogP contribution >= 0.6 is 23.2 Å². The van der Waals surface area contributed by atoms with Gasteiger partial charge < -0.3 is 5.32 Å². The van der Waals surface area contributed by atoms with Crippen molar-refractivity contribution in [1.29, 1.82) is 0 Å². The molecule has 1 aliphatic rings. The molecule has 0 bridgehead atoms. The molecule has 1 N–H and O–H groups in total. The summed E-state index contributed by atoms with van der Waals surface area (Å²) in [6.07, 6.45) is 1.22. The van der Waals surface area contributed by atoms with E-state index in [4.69, 9.17) is 23.2 Å². The number of piperazine rings is 1. The van der Waals surface area contributed by atoms with Gasteiger partial charge in [-0.3, -0.25) is 4.90 Å². The number of nitrogens with zero attached hydrogens (tertiary/aromatic N) is 1. The average molecular weight is 315 g/mol. The summed E-state index contributed by atoms with van der Waals surface area (Å²) in [5.74, 6) is 0.724. The van der Waals surface area contributed by atoms with E-state index < -0.39 is 0 Å². The summed E-state index contributed by atoms with van der Waals surface area (Å²) < 4.78 is 0. The Bertz CT molecular complexity index is 448. The lowest BCUT2D eigenvalue weighted by atomic mass is 9.99. The summed E-state index contributed by atoms with van der Waals surface area (Å²) in [5.41, 5.74) is 1.16. The van der Waals surface area contributed by atoms with Crippen molar-refractivity contribution in [1.82, 2.24) is 10.2 Å². The van der Waals surface area contributed by atoms with Crippen LogP contribution in [-0.2, 0) is 6.54 Å². The van der Waals surface area contributed by atoms with Gasteiger partial charge in [0.1, 0.15) is 0 Å². The monoisotopic (exact) mass is 314 g/mol. The van der Waals surface area contributed by atoms with E-state index in [9.17, 15) is 0 Å². The molecule has 0 spiro atoms. The van der Waals surface area contributed by atoms with Gasteiger partial charge in [-0.2, -0.15) is 0 Å². The van der Waals surface area contributed by atoms with Crippen molar-refractivity contribution < 1.29 is 0 Å². The standard InChI is InChI=1S/C16H24Cl2N2/c1-11(2)6-15-10-20(12(3)8-19-15)9-13-4-5-14(17)7-16(13)18/h4-5,7,11-12,15,19H,6,8-10H2,1-3H3. The van der Waals surface area contributed by atoms with Crippen molar-refractivity contribution in [2.45, 2.75) is 45.8 Å². The molecule has 0 aliphatic carbocycles. The van der Waals surface area contributed by atoms with E-state index in [1.807, 2.05) is 18.2 Å². The number of halogens is 2. The van der Waals surface area contributed by atoms with Crippen LogP contribution in [0.3, 0.4) is 0 Å². The lowest BCUT2D eigenvalue weighted by Crippen LogP contribution is -2.55. The van der Waals surface area contributed by atoms with E-state index in [2.05, 4.69) is 31.0 Å². The van der Waals surface area contributed by atoms with Crippen LogP contribution in [0.1, 0.15) is 32.8 Å². The molecule has 2 rings (SSSR count). The van der Waals surface area contributed by atoms with E-state index in [-0.39, 0.29) is 0 Å². The zero-order valence-electron chi connectivity index (χ0n) is 12.5. The highest BCUT2D eigenvalue weighted by molar-refractivity contribution is 6.35. The van der Waals surface area contributed by atoms with E-state index in [1.165, 1.54) is 6.42 Å². The first-order valence-electron chi connectivity index (χ1n) is 7.37. The van der Waals surface area contributed by atoms with E-state index >= 15 is 0 Å². The van der Waals surface area contributed by atoms with Crippen molar-refractivity contribution in [2.75, 3.05) is 13.1 Å². The predicted molar refractivity (Wildman–Crippen MR) is 87.6 cm³/mol. The van der Waals surface area contributed by atoms with Crippen LogP contribution in [0.25, 0.3) is 0 Å². The summed E-state index contributed by atoms with van der Waals surface area (Å²) in [6, 6.07) is 6.90. The first kappa shape index (κ1) is 16.1. The first-order valence-corrected chi connectivity index (χ1v) is 8.12. The fourth-order valence-electron chi connectivity index (χ4n) is 2.81. The van der Waals surface area contributed by atoms with Crippen LogP contribution in [0.2, 0.25) is 10.0 Å². The van der Waals surface area contributed by atoms with Gasteiger partial charge in [-0.1, -0.05) is 43.1 Å². The fraction of sp³-hybridized carbons (Fsp3) is 0.625. The number of rotatable bonds is 4. The number of benzene rings is 1. The topological polar surface area (TPSA) is 15.3 Å². The lowest BCUT2D eigenvalue weighted by molar-refractivity contribution is 0.125. The highest BCUT2D eigenvalue weighted by atomic mass is 35.5. The highest BCUT2D eigenvalue weighted by Crippen LogP contribution is 2.24. The maximum Gasteiger partial charge on any atom is 0.0465 e. The Kier molecular flexibility index (Phi) is 5.74. The van der Waals surface area contributed by atoms with Crippen LogP contribution < -0.4 is 5.32 Å². The van der Waals surface area contributed by atoms with Gasteiger partial charge in [-0.05, 0) is 37.0 Å². The van der Waals surface area contributed by atoms with Crippen LogP contribution in [0, 0.1) is 5.92 Å². The minimum Gasteiger partial charge on any atom is -0.311 e. The predicted octanol–water partition coefficient (Wildman–Crippen LogP) is 4.20. The minimum absolute atomic E-state index is 0.533. The van der Waals surface area contributed by atoms with Crippen LogP contribution in [0.5, 0.6) is 0 Å². The molecule has 20 heavy (non-hydrogen) atoms. The molecule has 0 aromatic heterocycles.